The van der Waals surface area contributed by atoms with Gasteiger partial charge in [-0.2, -0.15) is 0 Å². The molecule has 0 amide bonds. The molecule has 1 aromatic heterocycles. The summed E-state index contributed by atoms with van der Waals surface area (Å²) in [6, 6.07) is 12.6. The summed E-state index contributed by atoms with van der Waals surface area (Å²) in [5.74, 6) is 1.33. The second kappa shape index (κ2) is 8.37. The Balaban J connectivity index is 1.72. The highest BCUT2D eigenvalue weighted by Gasteiger charge is 2.24. The van der Waals surface area contributed by atoms with Gasteiger partial charge in [0.1, 0.15) is 11.6 Å². The van der Waals surface area contributed by atoms with Crippen molar-refractivity contribution in [2.45, 2.75) is 37.9 Å². The molecule has 152 valence electrons. The van der Waals surface area contributed by atoms with Crippen LogP contribution in [0.15, 0.2) is 41.6 Å². The standard InChI is InChI=1S/C22H26N4O2S/c1-3-4-11-28-16-12-15-7-5-6-8-17(15)20(13-16)26-10-9-18-19(14-26)24-22(29(2)27)25-21(18)23/h5-8,12-13H,3-4,9-11,14H2,1-2H3,(H2,23,24,25). The molecule has 4 rings (SSSR count). The number of anilines is 2. The molecule has 3 aromatic rings. The second-order valence-corrected chi connectivity index (χ2v) is 8.58. The van der Waals surface area contributed by atoms with Crippen molar-refractivity contribution in [2.75, 3.05) is 30.0 Å². The van der Waals surface area contributed by atoms with Gasteiger partial charge in [0.15, 0.2) is 0 Å². The Morgan fingerprint density at radius 2 is 2.07 bits per heavy atom. The molecule has 0 saturated carbocycles. The first-order chi connectivity index (χ1) is 14.1. The Bertz CT molecular complexity index is 1070. The number of nitrogens with zero attached hydrogens (tertiary/aromatic N) is 3. The van der Waals surface area contributed by atoms with Crippen LogP contribution in [0.1, 0.15) is 31.0 Å². The molecule has 1 atom stereocenters. The number of fused-ring (bicyclic) bond motifs is 2. The van der Waals surface area contributed by atoms with Gasteiger partial charge in [0.05, 0.1) is 29.6 Å². The molecular weight excluding hydrogens is 384 g/mol. The van der Waals surface area contributed by atoms with Crippen LogP contribution in [0.5, 0.6) is 5.75 Å². The number of aromatic nitrogens is 2. The summed E-state index contributed by atoms with van der Waals surface area (Å²) in [6.45, 7) is 4.30. The first kappa shape index (κ1) is 19.6. The average Bonchev–Trinajstić information content (AvgIpc) is 2.73. The zero-order valence-corrected chi connectivity index (χ0v) is 17.7. The Kier molecular flexibility index (Phi) is 5.67. The third-order valence-corrected chi connectivity index (χ3v) is 5.95. The minimum Gasteiger partial charge on any atom is -0.493 e. The Morgan fingerprint density at radius 3 is 2.86 bits per heavy atom. The van der Waals surface area contributed by atoms with E-state index in [0.29, 0.717) is 24.1 Å². The largest absolute Gasteiger partial charge is 0.493 e. The van der Waals surface area contributed by atoms with Crippen LogP contribution < -0.4 is 15.4 Å². The van der Waals surface area contributed by atoms with Gasteiger partial charge < -0.3 is 15.4 Å². The number of ether oxygens (including phenoxy) is 1. The summed E-state index contributed by atoms with van der Waals surface area (Å²) in [4.78, 5) is 11.1. The number of rotatable bonds is 6. The van der Waals surface area contributed by atoms with Crippen molar-refractivity contribution >= 4 is 33.1 Å². The second-order valence-electron chi connectivity index (χ2n) is 7.31. The number of nitrogen functional groups attached to an aromatic ring is 1. The molecule has 0 spiro atoms. The highest BCUT2D eigenvalue weighted by molar-refractivity contribution is 7.84. The van der Waals surface area contributed by atoms with Crippen molar-refractivity contribution in [2.24, 2.45) is 0 Å². The molecule has 6 nitrogen and oxygen atoms in total. The fraction of sp³-hybridized carbons (Fsp3) is 0.364. The van der Waals surface area contributed by atoms with Crippen molar-refractivity contribution in [3.8, 4) is 5.75 Å². The van der Waals surface area contributed by atoms with Crippen LogP contribution in [0.4, 0.5) is 11.5 Å². The lowest BCUT2D eigenvalue weighted by Crippen LogP contribution is -2.32. The molecule has 2 N–H and O–H groups in total. The third kappa shape index (κ3) is 4.05. The highest BCUT2D eigenvalue weighted by Crippen LogP contribution is 2.35. The number of hydrogen-bond acceptors (Lipinski definition) is 6. The topological polar surface area (TPSA) is 81.3 Å². The summed E-state index contributed by atoms with van der Waals surface area (Å²) in [5.41, 5.74) is 9.07. The maximum absolute atomic E-state index is 11.9. The number of unbranched alkanes of at least 4 members (excludes halogenated alkanes) is 1. The van der Waals surface area contributed by atoms with Crippen LogP contribution in [0.2, 0.25) is 0 Å². The monoisotopic (exact) mass is 410 g/mol. The summed E-state index contributed by atoms with van der Waals surface area (Å²) in [6.07, 6.45) is 4.47. The van der Waals surface area contributed by atoms with Crippen LogP contribution in [0.3, 0.4) is 0 Å². The van der Waals surface area contributed by atoms with E-state index in [1.165, 1.54) is 5.39 Å². The van der Waals surface area contributed by atoms with E-state index in [4.69, 9.17) is 10.5 Å². The lowest BCUT2D eigenvalue weighted by Gasteiger charge is -2.31. The summed E-state index contributed by atoms with van der Waals surface area (Å²) >= 11 is 0. The smallest absolute Gasteiger partial charge is 0.220 e. The highest BCUT2D eigenvalue weighted by atomic mass is 32.2. The third-order valence-electron chi connectivity index (χ3n) is 5.25. The van der Waals surface area contributed by atoms with Gasteiger partial charge in [0.2, 0.25) is 5.16 Å². The van der Waals surface area contributed by atoms with Gasteiger partial charge >= 0.3 is 0 Å². The Hall–Kier alpha value is -2.67. The number of benzene rings is 2. The minimum atomic E-state index is -1.26. The molecule has 0 radical (unpaired) electrons. The van der Waals surface area contributed by atoms with Gasteiger partial charge in [-0.15, -0.1) is 0 Å². The SMILES string of the molecule is CCCCOc1cc(N2CCc3c(N)nc(S(C)=O)nc3C2)c2ccccc2c1. The zero-order valence-electron chi connectivity index (χ0n) is 16.9. The number of hydrogen-bond donors (Lipinski definition) is 1. The van der Waals surface area contributed by atoms with Gasteiger partial charge in [-0.1, -0.05) is 37.6 Å². The molecule has 0 aliphatic carbocycles. The average molecular weight is 411 g/mol. The van der Waals surface area contributed by atoms with E-state index < -0.39 is 10.8 Å². The Labute approximate surface area is 173 Å². The fourth-order valence-electron chi connectivity index (χ4n) is 3.71. The molecule has 1 unspecified atom stereocenters. The normalized spacial score (nSPS) is 14.6. The lowest BCUT2D eigenvalue weighted by molar-refractivity contribution is 0.310. The molecule has 2 heterocycles. The van der Waals surface area contributed by atoms with Crippen molar-refractivity contribution in [1.82, 2.24) is 9.97 Å². The molecule has 2 aromatic carbocycles. The molecule has 7 heteroatoms. The number of nitrogens with two attached hydrogens (primary N) is 1. The maximum atomic E-state index is 11.9. The minimum absolute atomic E-state index is 0.296. The lowest BCUT2D eigenvalue weighted by atomic mass is 10.0. The first-order valence-corrected chi connectivity index (χ1v) is 11.5. The van der Waals surface area contributed by atoms with E-state index in [1.807, 2.05) is 6.07 Å². The molecule has 0 fully saturated rings. The van der Waals surface area contributed by atoms with E-state index >= 15 is 0 Å². The van der Waals surface area contributed by atoms with E-state index in [2.05, 4.69) is 52.1 Å². The van der Waals surface area contributed by atoms with Crippen molar-refractivity contribution < 1.29 is 8.95 Å². The van der Waals surface area contributed by atoms with Crippen molar-refractivity contribution in [1.29, 1.82) is 0 Å². The van der Waals surface area contributed by atoms with Crippen molar-refractivity contribution in [3.05, 3.63) is 47.7 Å². The molecule has 29 heavy (non-hydrogen) atoms. The predicted molar refractivity (Wildman–Crippen MR) is 118 cm³/mol. The van der Waals surface area contributed by atoms with Crippen LogP contribution in [-0.2, 0) is 23.8 Å². The van der Waals surface area contributed by atoms with E-state index in [-0.39, 0.29) is 0 Å². The summed E-state index contributed by atoms with van der Waals surface area (Å²) in [5, 5.41) is 2.63. The van der Waals surface area contributed by atoms with Crippen LogP contribution >= 0.6 is 0 Å². The summed E-state index contributed by atoms with van der Waals surface area (Å²) in [7, 11) is -1.26. The van der Waals surface area contributed by atoms with E-state index in [0.717, 1.165) is 53.9 Å². The predicted octanol–water partition coefficient (Wildman–Crippen LogP) is 3.69. The van der Waals surface area contributed by atoms with Gasteiger partial charge in [-0.3, -0.25) is 4.21 Å². The Morgan fingerprint density at radius 1 is 1.24 bits per heavy atom. The van der Waals surface area contributed by atoms with Crippen LogP contribution in [-0.4, -0.2) is 33.6 Å². The fourth-order valence-corrected chi connectivity index (χ4v) is 4.18. The van der Waals surface area contributed by atoms with Gasteiger partial charge in [0, 0.05) is 35.5 Å². The van der Waals surface area contributed by atoms with E-state index in [9.17, 15) is 4.21 Å². The quantitative estimate of drug-likeness (QED) is 0.493. The zero-order chi connectivity index (χ0) is 20.4. The summed E-state index contributed by atoms with van der Waals surface area (Å²) < 4.78 is 17.9. The van der Waals surface area contributed by atoms with Gasteiger partial charge in [-0.25, -0.2) is 9.97 Å². The molecule has 0 bridgehead atoms. The van der Waals surface area contributed by atoms with Crippen LogP contribution in [0.25, 0.3) is 10.8 Å². The van der Waals surface area contributed by atoms with Gasteiger partial charge in [0.25, 0.3) is 0 Å². The molecule has 0 saturated heterocycles. The molecular formula is C22H26N4O2S. The van der Waals surface area contributed by atoms with Crippen LogP contribution in [0, 0.1) is 0 Å². The van der Waals surface area contributed by atoms with E-state index in [1.54, 1.807) is 6.26 Å². The maximum Gasteiger partial charge on any atom is 0.220 e. The molecule has 1 aliphatic heterocycles. The molecule has 1 aliphatic rings. The van der Waals surface area contributed by atoms with Gasteiger partial charge in [-0.05, 0) is 24.3 Å². The first-order valence-electron chi connectivity index (χ1n) is 9.96. The van der Waals surface area contributed by atoms with Crippen molar-refractivity contribution in [3.63, 3.8) is 0 Å².